The number of fused-ring (bicyclic) bond motifs is 1. The normalized spacial score (nSPS) is 15.7. The van der Waals surface area contributed by atoms with Crippen molar-refractivity contribution in [1.82, 2.24) is 4.98 Å². The predicted octanol–water partition coefficient (Wildman–Crippen LogP) is 2.45. The van der Waals surface area contributed by atoms with Gasteiger partial charge in [0.1, 0.15) is 11.5 Å². The van der Waals surface area contributed by atoms with Crippen LogP contribution < -0.4 is 9.47 Å². The maximum atomic E-state index is 12.3. The minimum absolute atomic E-state index is 0.257. The van der Waals surface area contributed by atoms with Gasteiger partial charge in [0, 0.05) is 17.4 Å². The lowest BCUT2D eigenvalue weighted by molar-refractivity contribution is 0.297. The van der Waals surface area contributed by atoms with Crippen molar-refractivity contribution in [1.29, 1.82) is 0 Å². The number of nitrogens with zero attached hydrogens (tertiary/aromatic N) is 1. The molecule has 0 saturated carbocycles. The third-order valence-corrected chi connectivity index (χ3v) is 4.19. The molecule has 20 heavy (non-hydrogen) atoms. The molecule has 1 aliphatic rings. The van der Waals surface area contributed by atoms with Gasteiger partial charge in [0.05, 0.1) is 30.2 Å². The topological polar surface area (TPSA) is 61.6 Å². The molecule has 0 amide bonds. The van der Waals surface area contributed by atoms with Gasteiger partial charge in [0.2, 0.25) is 5.89 Å². The van der Waals surface area contributed by atoms with Crippen LogP contribution in [0.5, 0.6) is 11.5 Å². The Bertz CT molecular complexity index is 638. The third kappa shape index (κ3) is 2.85. The fourth-order valence-corrected chi connectivity index (χ4v) is 2.93. The van der Waals surface area contributed by atoms with Crippen molar-refractivity contribution in [3.05, 3.63) is 36.0 Å². The molecule has 0 bridgehead atoms. The summed E-state index contributed by atoms with van der Waals surface area (Å²) in [6, 6.07) is 5.36. The first-order chi connectivity index (χ1) is 9.72. The zero-order valence-electron chi connectivity index (χ0n) is 11.1. The van der Waals surface area contributed by atoms with Crippen LogP contribution in [0.25, 0.3) is 0 Å². The monoisotopic (exact) mass is 293 g/mol. The highest BCUT2D eigenvalue weighted by Gasteiger charge is 2.15. The molecule has 1 aromatic carbocycles. The standard InChI is InChI=1S/C14H15NO4S/c1-10-8-15-14(19-10)9-20(16)11-3-4-12-13(7-11)18-6-2-5-17-12/h3-4,7-8H,2,5-6,9H2,1H3. The third-order valence-electron chi connectivity index (χ3n) is 2.91. The summed E-state index contributed by atoms with van der Waals surface area (Å²) in [4.78, 5) is 4.75. The maximum Gasteiger partial charge on any atom is 0.207 e. The fourth-order valence-electron chi connectivity index (χ4n) is 1.95. The molecule has 0 aliphatic carbocycles. The molecule has 0 saturated heterocycles. The number of benzene rings is 1. The summed E-state index contributed by atoms with van der Waals surface area (Å²) in [6.07, 6.45) is 2.48. The molecule has 6 heteroatoms. The van der Waals surface area contributed by atoms with Crippen LogP contribution in [0.2, 0.25) is 0 Å². The van der Waals surface area contributed by atoms with E-state index in [1.54, 1.807) is 24.4 Å². The Kier molecular flexibility index (Phi) is 3.73. The quantitative estimate of drug-likeness (QED) is 0.870. The molecular weight excluding hydrogens is 278 g/mol. The average Bonchev–Trinajstić information content (AvgIpc) is 2.72. The highest BCUT2D eigenvalue weighted by Crippen LogP contribution is 2.31. The van der Waals surface area contributed by atoms with Gasteiger partial charge in [0.25, 0.3) is 0 Å². The van der Waals surface area contributed by atoms with E-state index < -0.39 is 10.8 Å². The zero-order chi connectivity index (χ0) is 13.9. The lowest BCUT2D eigenvalue weighted by Crippen LogP contribution is -1.99. The first kappa shape index (κ1) is 13.2. The summed E-state index contributed by atoms with van der Waals surface area (Å²) >= 11 is 0. The van der Waals surface area contributed by atoms with Gasteiger partial charge < -0.3 is 13.9 Å². The van der Waals surface area contributed by atoms with E-state index in [0.717, 1.165) is 12.2 Å². The van der Waals surface area contributed by atoms with E-state index in [9.17, 15) is 4.21 Å². The van der Waals surface area contributed by atoms with Crippen molar-refractivity contribution in [2.24, 2.45) is 0 Å². The zero-order valence-corrected chi connectivity index (χ0v) is 11.9. The molecule has 1 unspecified atom stereocenters. The molecule has 1 aromatic heterocycles. The van der Waals surface area contributed by atoms with Crippen molar-refractivity contribution < 1.29 is 18.1 Å². The van der Waals surface area contributed by atoms with Crippen molar-refractivity contribution in [3.8, 4) is 11.5 Å². The summed E-state index contributed by atoms with van der Waals surface area (Å²) < 4.78 is 28.8. The van der Waals surface area contributed by atoms with Crippen LogP contribution in [0.4, 0.5) is 0 Å². The molecule has 0 radical (unpaired) electrons. The van der Waals surface area contributed by atoms with E-state index in [2.05, 4.69) is 4.98 Å². The summed E-state index contributed by atoms with van der Waals surface area (Å²) in [7, 11) is -1.22. The van der Waals surface area contributed by atoms with Gasteiger partial charge >= 0.3 is 0 Å². The largest absolute Gasteiger partial charge is 0.490 e. The molecule has 106 valence electrons. The first-order valence-electron chi connectivity index (χ1n) is 6.42. The SMILES string of the molecule is Cc1cnc(CS(=O)c2ccc3c(c2)OCCCO3)o1. The summed E-state index contributed by atoms with van der Waals surface area (Å²) in [5.74, 6) is 2.81. The van der Waals surface area contributed by atoms with Gasteiger partial charge in [0.15, 0.2) is 11.5 Å². The Labute approximate surface area is 119 Å². The van der Waals surface area contributed by atoms with Crippen LogP contribution in [0.1, 0.15) is 18.1 Å². The Hall–Kier alpha value is -1.82. The highest BCUT2D eigenvalue weighted by atomic mass is 32.2. The molecule has 0 N–H and O–H groups in total. The number of aryl methyl sites for hydroxylation is 1. The van der Waals surface area contributed by atoms with Crippen LogP contribution >= 0.6 is 0 Å². The van der Waals surface area contributed by atoms with E-state index in [0.29, 0.717) is 35.5 Å². The smallest absolute Gasteiger partial charge is 0.207 e. The number of aromatic nitrogens is 1. The molecule has 1 aliphatic heterocycles. The van der Waals surface area contributed by atoms with Crippen LogP contribution in [0, 0.1) is 6.92 Å². The van der Waals surface area contributed by atoms with Gasteiger partial charge in [-0.25, -0.2) is 4.98 Å². The van der Waals surface area contributed by atoms with Gasteiger partial charge in [-0.05, 0) is 19.1 Å². The summed E-state index contributed by atoms with van der Waals surface area (Å²) in [5, 5.41) is 0. The van der Waals surface area contributed by atoms with Crippen LogP contribution in [0.15, 0.2) is 33.7 Å². The van der Waals surface area contributed by atoms with E-state index in [4.69, 9.17) is 13.9 Å². The lowest BCUT2D eigenvalue weighted by Gasteiger charge is -2.08. The second-order valence-corrected chi connectivity index (χ2v) is 5.96. The first-order valence-corrected chi connectivity index (χ1v) is 7.73. The second-order valence-electron chi connectivity index (χ2n) is 4.51. The van der Waals surface area contributed by atoms with Crippen molar-refractivity contribution >= 4 is 10.8 Å². The molecule has 1 atom stereocenters. The van der Waals surface area contributed by atoms with E-state index in [1.807, 2.05) is 6.92 Å². The number of hydrogen-bond acceptors (Lipinski definition) is 5. The highest BCUT2D eigenvalue weighted by molar-refractivity contribution is 7.84. The van der Waals surface area contributed by atoms with Crippen molar-refractivity contribution in [3.63, 3.8) is 0 Å². The van der Waals surface area contributed by atoms with Gasteiger partial charge in [-0.2, -0.15) is 0 Å². The minimum atomic E-state index is -1.22. The second kappa shape index (κ2) is 5.66. The number of oxazole rings is 1. The Morgan fingerprint density at radius 2 is 2.05 bits per heavy atom. The molecule has 2 aromatic rings. The molecule has 0 fully saturated rings. The summed E-state index contributed by atoms with van der Waals surface area (Å²) in [5.41, 5.74) is 0. The molecule has 5 nitrogen and oxygen atoms in total. The Morgan fingerprint density at radius 3 is 2.80 bits per heavy atom. The fraction of sp³-hybridized carbons (Fsp3) is 0.357. The van der Waals surface area contributed by atoms with Crippen LogP contribution in [-0.4, -0.2) is 22.4 Å². The van der Waals surface area contributed by atoms with Crippen LogP contribution in [0.3, 0.4) is 0 Å². The van der Waals surface area contributed by atoms with Crippen molar-refractivity contribution in [2.75, 3.05) is 13.2 Å². The number of ether oxygens (including phenoxy) is 2. The molecule has 3 rings (SSSR count). The number of rotatable bonds is 3. The maximum absolute atomic E-state index is 12.3. The molecule has 0 spiro atoms. The predicted molar refractivity (Wildman–Crippen MR) is 73.4 cm³/mol. The minimum Gasteiger partial charge on any atom is -0.490 e. The van der Waals surface area contributed by atoms with Gasteiger partial charge in [-0.1, -0.05) is 0 Å². The van der Waals surface area contributed by atoms with Gasteiger partial charge in [-0.15, -0.1) is 0 Å². The Morgan fingerprint density at radius 1 is 1.25 bits per heavy atom. The van der Waals surface area contributed by atoms with Crippen LogP contribution in [-0.2, 0) is 16.6 Å². The molecular formula is C14H15NO4S. The van der Waals surface area contributed by atoms with E-state index in [-0.39, 0.29) is 5.75 Å². The Balaban J connectivity index is 1.79. The number of hydrogen-bond donors (Lipinski definition) is 0. The van der Waals surface area contributed by atoms with Gasteiger partial charge in [-0.3, -0.25) is 4.21 Å². The lowest BCUT2D eigenvalue weighted by atomic mass is 10.3. The van der Waals surface area contributed by atoms with E-state index >= 15 is 0 Å². The van der Waals surface area contributed by atoms with E-state index in [1.165, 1.54) is 0 Å². The molecule has 2 heterocycles. The summed E-state index contributed by atoms with van der Waals surface area (Å²) in [6.45, 7) is 3.07. The van der Waals surface area contributed by atoms with Crippen molar-refractivity contribution in [2.45, 2.75) is 24.0 Å². The average molecular weight is 293 g/mol.